The summed E-state index contributed by atoms with van der Waals surface area (Å²) in [5, 5.41) is 9.51. The highest BCUT2D eigenvalue weighted by Gasteiger charge is 2.44. The molecule has 2 aliphatic rings. The number of nitrogens with zero attached hydrogens (tertiary/aromatic N) is 2. The summed E-state index contributed by atoms with van der Waals surface area (Å²) in [4.78, 5) is 24.9. The van der Waals surface area contributed by atoms with Crippen LogP contribution < -0.4 is 10.9 Å². The molecule has 6 nitrogen and oxygen atoms in total. The molecule has 0 saturated heterocycles. The lowest BCUT2D eigenvalue weighted by Crippen LogP contribution is -2.54. The molecule has 11 heteroatoms. The van der Waals surface area contributed by atoms with Crippen molar-refractivity contribution in [3.8, 4) is 5.75 Å². The largest absolute Gasteiger partial charge is 0.502 e. The van der Waals surface area contributed by atoms with Crippen LogP contribution in [0.4, 0.5) is 17.6 Å². The minimum atomic E-state index is -4.59. The van der Waals surface area contributed by atoms with E-state index >= 15 is 0 Å². The summed E-state index contributed by atoms with van der Waals surface area (Å²) in [6.45, 7) is 0.447. The van der Waals surface area contributed by atoms with Gasteiger partial charge < -0.3 is 15.4 Å². The van der Waals surface area contributed by atoms with Crippen molar-refractivity contribution in [3.63, 3.8) is 0 Å². The molecule has 1 unspecified atom stereocenters. The third-order valence-electron chi connectivity index (χ3n) is 5.83. The zero-order valence-electron chi connectivity index (χ0n) is 18.5. The highest BCUT2D eigenvalue weighted by atomic mass is 32.2. The molecule has 2 aliphatic heterocycles. The molecule has 0 fully saturated rings. The average Bonchev–Trinajstić information content (AvgIpc) is 3.01. The van der Waals surface area contributed by atoms with Crippen LogP contribution in [0.3, 0.4) is 0 Å². The van der Waals surface area contributed by atoms with Gasteiger partial charge >= 0.3 is 6.18 Å². The quantitative estimate of drug-likeness (QED) is 0.475. The van der Waals surface area contributed by atoms with Crippen molar-refractivity contribution < 1.29 is 27.5 Å². The first-order chi connectivity index (χ1) is 16.6. The van der Waals surface area contributed by atoms with E-state index < -0.39 is 35.0 Å². The van der Waals surface area contributed by atoms with Gasteiger partial charge in [0.25, 0.3) is 5.91 Å². The number of carbonyl (C=O) groups is 1. The van der Waals surface area contributed by atoms with Gasteiger partial charge in [0, 0.05) is 28.5 Å². The van der Waals surface area contributed by atoms with Crippen molar-refractivity contribution in [2.24, 2.45) is 0 Å². The second-order valence-electron chi connectivity index (χ2n) is 8.01. The molecule has 0 bridgehead atoms. The van der Waals surface area contributed by atoms with Crippen LogP contribution in [0.5, 0.6) is 5.75 Å². The lowest BCUT2D eigenvalue weighted by molar-refractivity contribution is -0.172. The van der Waals surface area contributed by atoms with Gasteiger partial charge in [-0.3, -0.25) is 14.3 Å². The first-order valence-electron chi connectivity index (χ1n) is 10.6. The van der Waals surface area contributed by atoms with Gasteiger partial charge in [-0.2, -0.15) is 13.2 Å². The summed E-state index contributed by atoms with van der Waals surface area (Å²) in [5.74, 6) is -1.27. The monoisotopic (exact) mass is 507 g/mol. The van der Waals surface area contributed by atoms with Crippen molar-refractivity contribution >= 4 is 17.7 Å². The maximum absolute atomic E-state index is 13.7. The van der Waals surface area contributed by atoms with Crippen LogP contribution in [0.2, 0.25) is 0 Å². The van der Waals surface area contributed by atoms with E-state index in [9.17, 15) is 32.3 Å². The number of rotatable bonds is 1. The fourth-order valence-electron chi connectivity index (χ4n) is 3.79. The summed E-state index contributed by atoms with van der Waals surface area (Å²) in [6, 6.07) is 12.7. The van der Waals surface area contributed by atoms with Crippen LogP contribution >= 0.6 is 11.8 Å². The second-order valence-corrected chi connectivity index (χ2v) is 9.02. The van der Waals surface area contributed by atoms with Crippen LogP contribution in [0.25, 0.3) is 0 Å². The number of carbonyl (C=O) groups excluding carboxylic acids is 1. The summed E-state index contributed by atoms with van der Waals surface area (Å²) in [7, 11) is 0. The Morgan fingerprint density at radius 2 is 1.77 bits per heavy atom. The van der Waals surface area contributed by atoms with Crippen LogP contribution in [-0.2, 0) is 12.2 Å². The summed E-state index contributed by atoms with van der Waals surface area (Å²) in [5.41, 5.74) is 4.44. The van der Waals surface area contributed by atoms with E-state index in [-0.39, 0.29) is 12.5 Å². The highest BCUT2D eigenvalue weighted by molar-refractivity contribution is 7.98. The number of fused-ring (bicyclic) bond motifs is 3. The number of hydrogen-bond acceptors (Lipinski definition) is 5. The topological polar surface area (TPSA) is 74.6 Å². The summed E-state index contributed by atoms with van der Waals surface area (Å²) < 4.78 is 52.5. The van der Waals surface area contributed by atoms with Gasteiger partial charge in [0.2, 0.25) is 5.43 Å². The van der Waals surface area contributed by atoms with E-state index in [1.165, 1.54) is 16.7 Å². The predicted octanol–water partition coefficient (Wildman–Crippen LogP) is 4.48. The van der Waals surface area contributed by atoms with E-state index in [0.717, 1.165) is 41.0 Å². The molecule has 184 valence electrons. The number of pyridine rings is 1. The summed E-state index contributed by atoms with van der Waals surface area (Å²) in [6.07, 6.45) is -2.58. The van der Waals surface area contributed by atoms with E-state index in [1.54, 1.807) is 23.9 Å². The number of amides is 1. The van der Waals surface area contributed by atoms with Gasteiger partial charge in [-0.05, 0) is 36.6 Å². The Kier molecular flexibility index (Phi) is 6.79. The minimum absolute atomic E-state index is 0.0715. The molecule has 2 aromatic carbocycles. The SMILES string of the molecule is CC(N1CNn2ccc(=O)c(O)c2C1=O)C(F)(F)F.Fc1cccc2c1CSc1ccccc1C2. The molecule has 1 aromatic heterocycles. The Labute approximate surface area is 202 Å². The van der Waals surface area contributed by atoms with Crippen LogP contribution in [-0.4, -0.2) is 39.5 Å². The molecule has 1 amide bonds. The van der Waals surface area contributed by atoms with Gasteiger partial charge in [0.05, 0.1) is 0 Å². The Hall–Kier alpha value is -3.47. The van der Waals surface area contributed by atoms with Gasteiger partial charge in [-0.15, -0.1) is 11.8 Å². The molecular formula is C24H21F4N3O3S. The molecule has 3 aromatic rings. The van der Waals surface area contributed by atoms with Crippen molar-refractivity contribution in [2.75, 3.05) is 12.1 Å². The highest BCUT2D eigenvalue weighted by Crippen LogP contribution is 2.34. The molecule has 0 spiro atoms. The number of nitrogens with one attached hydrogen (secondary N) is 1. The maximum atomic E-state index is 13.7. The fraction of sp³-hybridized carbons (Fsp3) is 0.250. The summed E-state index contributed by atoms with van der Waals surface area (Å²) >= 11 is 1.73. The van der Waals surface area contributed by atoms with Crippen molar-refractivity contribution in [1.29, 1.82) is 0 Å². The average molecular weight is 508 g/mol. The Bertz CT molecular complexity index is 1330. The zero-order valence-corrected chi connectivity index (χ0v) is 19.3. The molecular weight excluding hydrogens is 486 g/mol. The minimum Gasteiger partial charge on any atom is -0.502 e. The lowest BCUT2D eigenvalue weighted by Gasteiger charge is -2.35. The number of aromatic nitrogens is 1. The lowest BCUT2D eigenvalue weighted by atomic mass is 10.0. The molecule has 5 rings (SSSR count). The second kappa shape index (κ2) is 9.65. The van der Waals surface area contributed by atoms with Gasteiger partial charge in [0.15, 0.2) is 11.4 Å². The molecule has 1 atom stereocenters. The zero-order chi connectivity index (χ0) is 25.3. The number of benzene rings is 2. The van der Waals surface area contributed by atoms with E-state index in [2.05, 4.69) is 17.6 Å². The normalized spacial score (nSPS) is 15.5. The first-order valence-corrected chi connectivity index (χ1v) is 11.6. The molecule has 35 heavy (non-hydrogen) atoms. The third kappa shape index (κ3) is 5.00. The number of thioether (sulfide) groups is 1. The Morgan fingerprint density at radius 3 is 2.51 bits per heavy atom. The molecule has 0 saturated carbocycles. The van der Waals surface area contributed by atoms with E-state index in [0.29, 0.717) is 4.90 Å². The van der Waals surface area contributed by atoms with E-state index in [4.69, 9.17) is 0 Å². The Morgan fingerprint density at radius 1 is 1.06 bits per heavy atom. The standard InChI is InChI=1S/C14H11FS.C10H10F3N3O3/c15-13-6-3-5-10-8-11-4-1-2-7-14(11)16-9-12(10)13;1-5(10(11,12)13)15-4-14-16-3-2-6(17)8(18)7(16)9(15)19/h1-7H,8-9H2;2-3,5,14,18H,4H2,1H3. The number of halogens is 4. The third-order valence-corrected chi connectivity index (χ3v) is 6.97. The van der Waals surface area contributed by atoms with Gasteiger partial charge in [-0.1, -0.05) is 30.3 Å². The molecule has 2 N–H and O–H groups in total. The maximum Gasteiger partial charge on any atom is 0.408 e. The van der Waals surface area contributed by atoms with E-state index in [1.807, 2.05) is 18.2 Å². The Balaban J connectivity index is 0.000000167. The fourth-order valence-corrected chi connectivity index (χ4v) is 4.91. The number of hydrogen-bond donors (Lipinski definition) is 2. The number of alkyl halides is 3. The van der Waals surface area contributed by atoms with Crippen LogP contribution in [0, 0.1) is 5.82 Å². The first kappa shape index (κ1) is 24.6. The number of aromatic hydroxyl groups is 1. The van der Waals surface area contributed by atoms with Crippen LogP contribution in [0.15, 0.2) is 64.4 Å². The van der Waals surface area contributed by atoms with Crippen molar-refractivity contribution in [1.82, 2.24) is 9.58 Å². The molecule has 0 radical (unpaired) electrons. The smallest absolute Gasteiger partial charge is 0.408 e. The van der Waals surface area contributed by atoms with Crippen molar-refractivity contribution in [3.05, 3.63) is 93.2 Å². The van der Waals surface area contributed by atoms with Crippen LogP contribution in [0.1, 0.15) is 34.1 Å². The van der Waals surface area contributed by atoms with Crippen molar-refractivity contribution in [2.45, 2.75) is 36.2 Å². The van der Waals surface area contributed by atoms with Gasteiger partial charge in [-0.25, -0.2) is 4.39 Å². The molecule has 0 aliphatic carbocycles. The van der Waals surface area contributed by atoms with Gasteiger partial charge in [0.1, 0.15) is 18.5 Å². The molecule has 3 heterocycles. The predicted molar refractivity (Wildman–Crippen MR) is 123 cm³/mol.